The molecule has 17 heavy (non-hydrogen) atoms. The molecule has 1 heteroatoms. The molecular formula is C16H23N. The first-order valence-electron chi connectivity index (χ1n) is 7.20. The van der Waals surface area contributed by atoms with Crippen LogP contribution in [0.1, 0.15) is 60.8 Å². The van der Waals surface area contributed by atoms with Crippen LogP contribution in [0.2, 0.25) is 0 Å². The summed E-state index contributed by atoms with van der Waals surface area (Å²) in [5.41, 5.74) is 6.47. The van der Waals surface area contributed by atoms with E-state index in [-0.39, 0.29) is 0 Å². The van der Waals surface area contributed by atoms with E-state index in [0.717, 1.165) is 12.5 Å². The molecule has 1 heterocycles. The normalized spacial score (nSPS) is 24.4. The quantitative estimate of drug-likeness (QED) is 0.671. The summed E-state index contributed by atoms with van der Waals surface area (Å²) in [5, 5.41) is 3.56. The molecule has 1 aliphatic heterocycles. The minimum absolute atomic E-state index is 0.730. The average Bonchev–Trinajstić information content (AvgIpc) is 2.66. The Balaban J connectivity index is 2.03. The fourth-order valence-corrected chi connectivity index (χ4v) is 3.34. The lowest BCUT2D eigenvalue weighted by Gasteiger charge is -2.16. The first-order chi connectivity index (χ1) is 8.34. The number of rotatable bonds is 0. The lowest BCUT2D eigenvalue weighted by atomic mass is 9.89. The minimum atomic E-state index is 0.730. The summed E-state index contributed by atoms with van der Waals surface area (Å²) in [4.78, 5) is 0. The Morgan fingerprint density at radius 1 is 1.00 bits per heavy atom. The van der Waals surface area contributed by atoms with Gasteiger partial charge in [-0.05, 0) is 66.8 Å². The zero-order chi connectivity index (χ0) is 11.7. The monoisotopic (exact) mass is 229 g/mol. The zero-order valence-electron chi connectivity index (χ0n) is 10.9. The van der Waals surface area contributed by atoms with Crippen molar-refractivity contribution in [1.82, 2.24) is 5.32 Å². The van der Waals surface area contributed by atoms with Crippen molar-refractivity contribution < 1.29 is 0 Å². The molecule has 0 aromatic heterocycles. The molecule has 92 valence electrons. The highest BCUT2D eigenvalue weighted by atomic mass is 14.9. The van der Waals surface area contributed by atoms with E-state index in [1.165, 1.54) is 45.1 Å². The largest absolute Gasteiger partial charge is 0.313 e. The van der Waals surface area contributed by atoms with E-state index in [9.17, 15) is 0 Å². The van der Waals surface area contributed by atoms with Gasteiger partial charge in [-0.15, -0.1) is 0 Å². The molecule has 1 N–H and O–H groups in total. The van der Waals surface area contributed by atoms with Crippen LogP contribution in [-0.2, 0) is 19.4 Å². The van der Waals surface area contributed by atoms with Crippen LogP contribution >= 0.6 is 0 Å². The topological polar surface area (TPSA) is 12.0 Å². The van der Waals surface area contributed by atoms with E-state index in [1.54, 1.807) is 22.3 Å². The second-order valence-corrected chi connectivity index (χ2v) is 5.75. The number of benzene rings is 1. The standard InChI is InChI=1S/C16H23N/c1-12-7-8-17-11-15-9-13-5-3-2-4-6-14(13)10-16(12)15/h9-10,12,17H,2-8,11H2,1H3. The van der Waals surface area contributed by atoms with E-state index in [0.29, 0.717) is 0 Å². The van der Waals surface area contributed by atoms with E-state index in [4.69, 9.17) is 0 Å². The van der Waals surface area contributed by atoms with Crippen LogP contribution in [-0.4, -0.2) is 6.54 Å². The number of aryl methyl sites for hydroxylation is 2. The molecule has 0 amide bonds. The van der Waals surface area contributed by atoms with Crippen molar-refractivity contribution in [2.75, 3.05) is 6.54 Å². The number of hydrogen-bond acceptors (Lipinski definition) is 1. The Bertz CT molecular complexity index is 408. The van der Waals surface area contributed by atoms with Crippen LogP contribution in [0, 0.1) is 0 Å². The Kier molecular flexibility index (Phi) is 3.19. The molecule has 0 bridgehead atoms. The summed E-state index contributed by atoms with van der Waals surface area (Å²) in [7, 11) is 0. The second kappa shape index (κ2) is 4.81. The first kappa shape index (κ1) is 11.3. The van der Waals surface area contributed by atoms with Crippen LogP contribution < -0.4 is 5.32 Å². The van der Waals surface area contributed by atoms with Gasteiger partial charge in [0.15, 0.2) is 0 Å². The highest BCUT2D eigenvalue weighted by Crippen LogP contribution is 2.31. The third kappa shape index (κ3) is 2.26. The minimum Gasteiger partial charge on any atom is -0.313 e. The molecule has 0 spiro atoms. The molecule has 1 nitrogen and oxygen atoms in total. The van der Waals surface area contributed by atoms with Gasteiger partial charge in [0, 0.05) is 6.54 Å². The van der Waals surface area contributed by atoms with Crippen LogP contribution in [0.25, 0.3) is 0 Å². The Hall–Kier alpha value is -0.820. The molecule has 0 fully saturated rings. The van der Waals surface area contributed by atoms with Gasteiger partial charge in [-0.2, -0.15) is 0 Å². The van der Waals surface area contributed by atoms with Crippen molar-refractivity contribution in [1.29, 1.82) is 0 Å². The molecule has 1 aromatic rings. The molecule has 0 saturated carbocycles. The highest BCUT2D eigenvalue weighted by molar-refractivity contribution is 5.41. The number of nitrogens with one attached hydrogen (secondary N) is 1. The maximum Gasteiger partial charge on any atom is 0.0208 e. The van der Waals surface area contributed by atoms with Gasteiger partial charge in [0.2, 0.25) is 0 Å². The summed E-state index contributed by atoms with van der Waals surface area (Å²) < 4.78 is 0. The van der Waals surface area contributed by atoms with Gasteiger partial charge < -0.3 is 5.32 Å². The fraction of sp³-hybridized carbons (Fsp3) is 0.625. The lowest BCUT2D eigenvalue weighted by Crippen LogP contribution is -2.12. The Morgan fingerprint density at radius 3 is 2.59 bits per heavy atom. The summed E-state index contributed by atoms with van der Waals surface area (Å²) in [6.45, 7) is 4.63. The molecular weight excluding hydrogens is 206 g/mol. The molecule has 1 unspecified atom stereocenters. The number of fused-ring (bicyclic) bond motifs is 2. The maximum atomic E-state index is 3.56. The van der Waals surface area contributed by atoms with Crippen LogP contribution in [0.3, 0.4) is 0 Å². The van der Waals surface area contributed by atoms with Crippen molar-refractivity contribution in [2.24, 2.45) is 0 Å². The predicted molar refractivity (Wildman–Crippen MR) is 72.4 cm³/mol. The van der Waals surface area contributed by atoms with Crippen molar-refractivity contribution in [3.05, 3.63) is 34.4 Å². The molecule has 1 aromatic carbocycles. The van der Waals surface area contributed by atoms with Crippen molar-refractivity contribution in [3.63, 3.8) is 0 Å². The molecule has 2 aliphatic rings. The third-order valence-corrected chi connectivity index (χ3v) is 4.45. The lowest BCUT2D eigenvalue weighted by molar-refractivity contribution is 0.629. The molecule has 1 atom stereocenters. The van der Waals surface area contributed by atoms with Gasteiger partial charge in [-0.1, -0.05) is 25.5 Å². The SMILES string of the molecule is CC1CCNCc2cc3c(cc21)CCCCC3. The molecule has 0 radical (unpaired) electrons. The Morgan fingerprint density at radius 2 is 1.76 bits per heavy atom. The van der Waals surface area contributed by atoms with E-state index in [1.807, 2.05) is 0 Å². The zero-order valence-corrected chi connectivity index (χ0v) is 10.9. The van der Waals surface area contributed by atoms with E-state index >= 15 is 0 Å². The molecule has 0 saturated heterocycles. The van der Waals surface area contributed by atoms with Gasteiger partial charge in [0.25, 0.3) is 0 Å². The van der Waals surface area contributed by atoms with Gasteiger partial charge in [-0.25, -0.2) is 0 Å². The third-order valence-electron chi connectivity index (χ3n) is 4.45. The molecule has 1 aliphatic carbocycles. The summed E-state index contributed by atoms with van der Waals surface area (Å²) >= 11 is 0. The predicted octanol–water partition coefficient (Wildman–Crippen LogP) is 3.55. The average molecular weight is 229 g/mol. The van der Waals surface area contributed by atoms with E-state index in [2.05, 4.69) is 24.4 Å². The summed E-state index contributed by atoms with van der Waals surface area (Å²) in [6, 6.07) is 5.04. The fourth-order valence-electron chi connectivity index (χ4n) is 3.34. The van der Waals surface area contributed by atoms with Gasteiger partial charge in [0.1, 0.15) is 0 Å². The summed E-state index contributed by atoms with van der Waals surface area (Å²) in [5.74, 6) is 0.730. The van der Waals surface area contributed by atoms with Crippen LogP contribution in [0.4, 0.5) is 0 Å². The van der Waals surface area contributed by atoms with E-state index < -0.39 is 0 Å². The van der Waals surface area contributed by atoms with Crippen molar-refractivity contribution in [3.8, 4) is 0 Å². The van der Waals surface area contributed by atoms with Gasteiger partial charge in [-0.3, -0.25) is 0 Å². The Labute approximate surface area is 105 Å². The van der Waals surface area contributed by atoms with Gasteiger partial charge in [0.05, 0.1) is 0 Å². The second-order valence-electron chi connectivity index (χ2n) is 5.75. The van der Waals surface area contributed by atoms with Crippen molar-refractivity contribution >= 4 is 0 Å². The van der Waals surface area contributed by atoms with Crippen LogP contribution in [0.15, 0.2) is 12.1 Å². The first-order valence-corrected chi connectivity index (χ1v) is 7.20. The van der Waals surface area contributed by atoms with Crippen molar-refractivity contribution in [2.45, 2.75) is 57.9 Å². The van der Waals surface area contributed by atoms with Gasteiger partial charge >= 0.3 is 0 Å². The summed E-state index contributed by atoms with van der Waals surface area (Å²) in [6.07, 6.45) is 8.08. The van der Waals surface area contributed by atoms with Crippen LogP contribution in [0.5, 0.6) is 0 Å². The molecule has 3 rings (SSSR count). The maximum absolute atomic E-state index is 3.56. The highest BCUT2D eigenvalue weighted by Gasteiger charge is 2.18. The smallest absolute Gasteiger partial charge is 0.0208 e. The number of hydrogen-bond donors (Lipinski definition) is 1.